The lowest BCUT2D eigenvalue weighted by Crippen LogP contribution is -2.40. The van der Waals surface area contributed by atoms with Gasteiger partial charge in [0.1, 0.15) is 0 Å². The van der Waals surface area contributed by atoms with E-state index >= 15 is 0 Å². The Labute approximate surface area is 187 Å². The summed E-state index contributed by atoms with van der Waals surface area (Å²) in [7, 11) is 0. The molecule has 31 heavy (non-hydrogen) atoms. The van der Waals surface area contributed by atoms with E-state index in [2.05, 4.69) is 65.4 Å². The summed E-state index contributed by atoms with van der Waals surface area (Å²) in [6, 6.07) is 16.8. The van der Waals surface area contributed by atoms with Crippen LogP contribution < -0.4 is 10.2 Å². The fourth-order valence-corrected chi connectivity index (χ4v) is 5.34. The first-order valence-corrected chi connectivity index (χ1v) is 12.0. The van der Waals surface area contributed by atoms with Crippen molar-refractivity contribution >= 4 is 11.6 Å². The second-order valence-corrected chi connectivity index (χ2v) is 9.67. The van der Waals surface area contributed by atoms with Crippen molar-refractivity contribution in [3.63, 3.8) is 0 Å². The summed E-state index contributed by atoms with van der Waals surface area (Å²) in [4.78, 5) is 17.5. The number of para-hydroxylation sites is 1. The quantitative estimate of drug-likeness (QED) is 0.659. The van der Waals surface area contributed by atoms with Crippen LogP contribution in [0.4, 0.5) is 5.69 Å². The van der Waals surface area contributed by atoms with Crippen molar-refractivity contribution < 1.29 is 4.79 Å². The van der Waals surface area contributed by atoms with Gasteiger partial charge in [0.25, 0.3) is 5.91 Å². The fraction of sp³-hybridized carbons (Fsp3) is 0.519. The molecule has 1 amide bonds. The summed E-state index contributed by atoms with van der Waals surface area (Å²) >= 11 is 0. The molecule has 2 aliphatic rings. The highest BCUT2D eigenvalue weighted by molar-refractivity contribution is 5.94. The number of aryl methyl sites for hydroxylation is 1. The molecule has 1 N–H and O–H groups in total. The molecule has 0 aromatic heterocycles. The molecule has 2 atom stereocenters. The molecule has 2 aliphatic heterocycles. The van der Waals surface area contributed by atoms with Crippen molar-refractivity contribution in [1.29, 1.82) is 0 Å². The van der Waals surface area contributed by atoms with Gasteiger partial charge in [0.15, 0.2) is 0 Å². The van der Waals surface area contributed by atoms with E-state index < -0.39 is 0 Å². The van der Waals surface area contributed by atoms with Gasteiger partial charge >= 0.3 is 0 Å². The molecule has 166 valence electrons. The smallest absolute Gasteiger partial charge is 0.251 e. The molecular formula is C27H37N3O. The van der Waals surface area contributed by atoms with E-state index in [4.69, 9.17) is 0 Å². The topological polar surface area (TPSA) is 35.6 Å². The molecule has 1 fully saturated rings. The van der Waals surface area contributed by atoms with Crippen molar-refractivity contribution in [3.8, 4) is 0 Å². The maximum Gasteiger partial charge on any atom is 0.251 e. The zero-order chi connectivity index (χ0) is 21.6. The van der Waals surface area contributed by atoms with Crippen molar-refractivity contribution in [2.24, 2.45) is 11.8 Å². The number of carbonyl (C=O) groups excluding carboxylic acids is 1. The number of nitrogens with zero attached hydrogens (tertiary/aromatic N) is 2. The number of hydrogen-bond donors (Lipinski definition) is 1. The van der Waals surface area contributed by atoms with Gasteiger partial charge in [-0.05, 0) is 73.4 Å². The van der Waals surface area contributed by atoms with E-state index in [-0.39, 0.29) is 5.91 Å². The molecule has 0 radical (unpaired) electrons. The second-order valence-electron chi connectivity index (χ2n) is 9.67. The minimum Gasteiger partial charge on any atom is -0.367 e. The van der Waals surface area contributed by atoms with Gasteiger partial charge in [0.2, 0.25) is 0 Å². The summed E-state index contributed by atoms with van der Waals surface area (Å²) in [5.74, 6) is 1.61. The first-order valence-electron chi connectivity index (χ1n) is 12.0. The zero-order valence-corrected chi connectivity index (χ0v) is 19.1. The molecule has 4 heteroatoms. The van der Waals surface area contributed by atoms with E-state index in [9.17, 15) is 4.79 Å². The summed E-state index contributed by atoms with van der Waals surface area (Å²) in [6.45, 7) is 10.9. The Hall–Kier alpha value is -2.33. The van der Waals surface area contributed by atoms with Gasteiger partial charge in [-0.1, -0.05) is 44.2 Å². The first-order chi connectivity index (χ1) is 15.1. The molecule has 4 rings (SSSR count). The average molecular weight is 420 g/mol. The summed E-state index contributed by atoms with van der Waals surface area (Å²) in [5.41, 5.74) is 4.80. The highest BCUT2D eigenvalue weighted by atomic mass is 16.1. The molecule has 2 aromatic rings. The Kier molecular flexibility index (Phi) is 7.29. The number of likely N-dealkylation sites (tertiary alicyclic amines) is 1. The highest BCUT2D eigenvalue weighted by Gasteiger charge is 2.21. The number of carbonyl (C=O) groups is 1. The minimum atomic E-state index is 0.0373. The molecule has 0 bridgehead atoms. The van der Waals surface area contributed by atoms with Crippen LogP contribution in [0.1, 0.15) is 54.6 Å². The Morgan fingerprint density at radius 2 is 1.77 bits per heavy atom. The molecule has 2 heterocycles. The van der Waals surface area contributed by atoms with Crippen LogP contribution in [0.15, 0.2) is 48.5 Å². The Balaban J connectivity index is 1.23. The molecular weight excluding hydrogens is 382 g/mol. The first kappa shape index (κ1) is 21.9. The summed E-state index contributed by atoms with van der Waals surface area (Å²) in [5, 5.41) is 3.10. The average Bonchev–Trinajstić information content (AvgIpc) is 2.77. The van der Waals surface area contributed by atoms with Gasteiger partial charge in [0.05, 0.1) is 0 Å². The van der Waals surface area contributed by atoms with Crippen LogP contribution >= 0.6 is 0 Å². The van der Waals surface area contributed by atoms with E-state index in [1.54, 1.807) is 0 Å². The number of fused-ring (bicyclic) bond motifs is 1. The van der Waals surface area contributed by atoms with Crippen molar-refractivity contribution in [2.75, 3.05) is 37.6 Å². The lowest BCUT2D eigenvalue weighted by molar-refractivity contribution is 0.0947. The van der Waals surface area contributed by atoms with Crippen molar-refractivity contribution in [1.82, 2.24) is 10.2 Å². The molecule has 4 nitrogen and oxygen atoms in total. The van der Waals surface area contributed by atoms with Crippen LogP contribution in [0, 0.1) is 11.8 Å². The third-order valence-corrected chi connectivity index (χ3v) is 6.68. The number of rotatable bonds is 7. The van der Waals surface area contributed by atoms with Gasteiger partial charge < -0.3 is 15.1 Å². The zero-order valence-electron chi connectivity index (χ0n) is 19.1. The number of anilines is 1. The number of nitrogens with one attached hydrogen (secondary N) is 1. The van der Waals surface area contributed by atoms with Crippen molar-refractivity contribution in [2.45, 2.75) is 46.1 Å². The largest absolute Gasteiger partial charge is 0.367 e. The molecule has 0 aliphatic carbocycles. The SMILES string of the molecule is CC1CC(C)CN(CCCNC(=O)c2ccc(CN3CCCc4ccccc43)cc2)C1. The molecule has 2 aromatic carbocycles. The number of benzene rings is 2. The van der Waals surface area contributed by atoms with E-state index in [0.717, 1.165) is 50.0 Å². The number of hydrogen-bond acceptors (Lipinski definition) is 3. The fourth-order valence-electron chi connectivity index (χ4n) is 5.34. The summed E-state index contributed by atoms with van der Waals surface area (Å²) < 4.78 is 0. The lowest BCUT2D eigenvalue weighted by Gasteiger charge is -2.34. The van der Waals surface area contributed by atoms with E-state index in [0.29, 0.717) is 0 Å². The second kappa shape index (κ2) is 10.3. The lowest BCUT2D eigenvalue weighted by atomic mass is 9.92. The van der Waals surface area contributed by atoms with Crippen molar-refractivity contribution in [3.05, 3.63) is 65.2 Å². The van der Waals surface area contributed by atoms with Gasteiger partial charge in [-0.3, -0.25) is 4.79 Å². The normalized spacial score (nSPS) is 21.5. The third kappa shape index (κ3) is 5.88. The van der Waals surface area contributed by atoms with E-state index in [1.807, 2.05) is 12.1 Å². The van der Waals surface area contributed by atoms with Crippen LogP contribution in [-0.2, 0) is 13.0 Å². The number of amides is 1. The Morgan fingerprint density at radius 3 is 2.55 bits per heavy atom. The predicted octanol–water partition coefficient (Wildman–Crippen LogP) is 4.74. The third-order valence-electron chi connectivity index (χ3n) is 6.68. The van der Waals surface area contributed by atoms with Crippen LogP contribution in [0.2, 0.25) is 0 Å². The molecule has 2 unspecified atom stereocenters. The summed E-state index contributed by atoms with van der Waals surface area (Å²) in [6.07, 6.45) is 4.72. The van der Waals surface area contributed by atoms with Gasteiger partial charge in [-0.25, -0.2) is 0 Å². The van der Waals surface area contributed by atoms with Crippen LogP contribution in [0.5, 0.6) is 0 Å². The minimum absolute atomic E-state index is 0.0373. The maximum atomic E-state index is 12.5. The predicted molar refractivity (Wildman–Crippen MR) is 129 cm³/mol. The van der Waals surface area contributed by atoms with Gasteiger partial charge in [-0.15, -0.1) is 0 Å². The number of piperidine rings is 1. The van der Waals surface area contributed by atoms with Crippen LogP contribution in [-0.4, -0.2) is 43.5 Å². The highest BCUT2D eigenvalue weighted by Crippen LogP contribution is 2.28. The standard InChI is InChI=1S/C27H37N3O/c1-21-17-22(2)19-29(18-21)15-6-14-28-27(31)25-12-10-23(11-13-25)20-30-16-5-8-24-7-3-4-9-26(24)30/h3-4,7,9-13,21-22H,5-6,8,14-20H2,1-2H3,(H,28,31). The van der Waals surface area contributed by atoms with E-state index in [1.165, 1.54) is 49.2 Å². The molecule has 0 spiro atoms. The van der Waals surface area contributed by atoms with Gasteiger partial charge in [-0.2, -0.15) is 0 Å². The van der Waals surface area contributed by atoms with Gasteiger partial charge in [0, 0.05) is 44.0 Å². The Morgan fingerprint density at radius 1 is 1.03 bits per heavy atom. The van der Waals surface area contributed by atoms with Crippen LogP contribution in [0.3, 0.4) is 0 Å². The maximum absolute atomic E-state index is 12.5. The van der Waals surface area contributed by atoms with Crippen LogP contribution in [0.25, 0.3) is 0 Å². The molecule has 0 saturated carbocycles. The Bertz CT molecular complexity index is 853. The monoisotopic (exact) mass is 419 g/mol. The molecule has 1 saturated heterocycles.